The summed E-state index contributed by atoms with van der Waals surface area (Å²) >= 11 is 7.02. The Labute approximate surface area is 125 Å². The van der Waals surface area contributed by atoms with Crippen molar-refractivity contribution in [2.45, 2.75) is 17.1 Å². The van der Waals surface area contributed by atoms with E-state index in [4.69, 9.17) is 11.6 Å². The SMILES string of the molecule is CC(Sc1ccc(F)c(F)c1)C(=O)c1cccc(Cl)c1. The van der Waals surface area contributed by atoms with Crippen molar-refractivity contribution >= 4 is 29.1 Å². The van der Waals surface area contributed by atoms with Gasteiger partial charge in [0.05, 0.1) is 5.25 Å². The zero-order chi connectivity index (χ0) is 14.7. The Morgan fingerprint density at radius 3 is 2.55 bits per heavy atom. The maximum atomic E-state index is 13.1. The second-order valence-electron chi connectivity index (χ2n) is 4.21. The summed E-state index contributed by atoms with van der Waals surface area (Å²) in [7, 11) is 0. The summed E-state index contributed by atoms with van der Waals surface area (Å²) in [5.74, 6) is -1.93. The van der Waals surface area contributed by atoms with Crippen molar-refractivity contribution < 1.29 is 13.6 Å². The van der Waals surface area contributed by atoms with Crippen LogP contribution in [0, 0.1) is 11.6 Å². The fourth-order valence-corrected chi connectivity index (χ4v) is 2.84. The van der Waals surface area contributed by atoms with Crippen LogP contribution < -0.4 is 0 Å². The third-order valence-electron chi connectivity index (χ3n) is 2.68. The van der Waals surface area contributed by atoms with Crippen LogP contribution in [0.3, 0.4) is 0 Å². The number of hydrogen-bond donors (Lipinski definition) is 0. The maximum absolute atomic E-state index is 13.1. The Morgan fingerprint density at radius 2 is 1.90 bits per heavy atom. The van der Waals surface area contributed by atoms with Gasteiger partial charge in [0.2, 0.25) is 0 Å². The molecule has 0 fully saturated rings. The molecule has 1 nitrogen and oxygen atoms in total. The van der Waals surface area contributed by atoms with E-state index in [1.807, 2.05) is 0 Å². The van der Waals surface area contributed by atoms with Gasteiger partial charge in [0, 0.05) is 15.5 Å². The fourth-order valence-electron chi connectivity index (χ4n) is 1.68. The number of thioether (sulfide) groups is 1. The molecule has 5 heteroatoms. The van der Waals surface area contributed by atoms with Crippen molar-refractivity contribution in [1.82, 2.24) is 0 Å². The van der Waals surface area contributed by atoms with Gasteiger partial charge in [-0.05, 0) is 37.3 Å². The monoisotopic (exact) mass is 312 g/mol. The minimum absolute atomic E-state index is 0.109. The molecule has 0 N–H and O–H groups in total. The molecule has 0 aliphatic carbocycles. The molecule has 0 saturated carbocycles. The average molecular weight is 313 g/mol. The average Bonchev–Trinajstić information content (AvgIpc) is 2.42. The summed E-state index contributed by atoms with van der Waals surface area (Å²) in [4.78, 5) is 12.7. The van der Waals surface area contributed by atoms with Gasteiger partial charge >= 0.3 is 0 Å². The van der Waals surface area contributed by atoms with Gasteiger partial charge in [-0.2, -0.15) is 0 Å². The summed E-state index contributed by atoms with van der Waals surface area (Å²) in [6.07, 6.45) is 0. The van der Waals surface area contributed by atoms with E-state index in [0.717, 1.165) is 12.1 Å². The largest absolute Gasteiger partial charge is 0.293 e. The quantitative estimate of drug-likeness (QED) is 0.585. The highest BCUT2D eigenvalue weighted by atomic mass is 35.5. The van der Waals surface area contributed by atoms with Gasteiger partial charge in [-0.1, -0.05) is 23.7 Å². The van der Waals surface area contributed by atoms with Gasteiger partial charge in [-0.3, -0.25) is 4.79 Å². The molecule has 0 radical (unpaired) electrons. The number of benzene rings is 2. The second kappa shape index (κ2) is 6.37. The molecule has 1 atom stereocenters. The number of Topliss-reactive ketones (excluding diaryl/α,β-unsaturated/α-hetero) is 1. The van der Waals surface area contributed by atoms with Gasteiger partial charge in [-0.25, -0.2) is 8.78 Å². The van der Waals surface area contributed by atoms with Crippen molar-refractivity contribution in [3.63, 3.8) is 0 Å². The first-order chi connectivity index (χ1) is 9.47. The molecule has 0 aliphatic heterocycles. The molecule has 2 rings (SSSR count). The normalized spacial score (nSPS) is 12.2. The van der Waals surface area contributed by atoms with E-state index >= 15 is 0 Å². The molecule has 0 amide bonds. The molecule has 0 heterocycles. The molecular weight excluding hydrogens is 302 g/mol. The molecule has 0 aliphatic rings. The Kier molecular flexibility index (Phi) is 4.78. The van der Waals surface area contributed by atoms with Crippen molar-refractivity contribution in [2.24, 2.45) is 0 Å². The Bertz CT molecular complexity index is 646. The highest BCUT2D eigenvalue weighted by Gasteiger charge is 2.17. The minimum Gasteiger partial charge on any atom is -0.293 e. The fraction of sp³-hybridized carbons (Fsp3) is 0.133. The summed E-state index contributed by atoms with van der Waals surface area (Å²) in [5.41, 5.74) is 0.500. The summed E-state index contributed by atoms with van der Waals surface area (Å²) in [5, 5.41) is 0.0687. The summed E-state index contributed by atoms with van der Waals surface area (Å²) in [6, 6.07) is 10.2. The third kappa shape index (κ3) is 3.58. The number of carbonyl (C=O) groups is 1. The van der Waals surface area contributed by atoms with Gasteiger partial charge in [-0.15, -0.1) is 11.8 Å². The van der Waals surface area contributed by atoms with E-state index in [0.29, 0.717) is 15.5 Å². The number of rotatable bonds is 4. The van der Waals surface area contributed by atoms with Crippen LogP contribution in [-0.4, -0.2) is 11.0 Å². The topological polar surface area (TPSA) is 17.1 Å². The summed E-state index contributed by atoms with van der Waals surface area (Å²) in [6.45, 7) is 1.72. The van der Waals surface area contributed by atoms with Crippen LogP contribution in [0.4, 0.5) is 8.78 Å². The molecule has 20 heavy (non-hydrogen) atoms. The summed E-state index contributed by atoms with van der Waals surface area (Å²) < 4.78 is 26.0. The first-order valence-corrected chi connectivity index (χ1v) is 7.14. The lowest BCUT2D eigenvalue weighted by atomic mass is 10.1. The maximum Gasteiger partial charge on any atom is 0.175 e. The molecule has 0 bridgehead atoms. The first-order valence-electron chi connectivity index (χ1n) is 5.89. The van der Waals surface area contributed by atoms with Gasteiger partial charge < -0.3 is 0 Å². The van der Waals surface area contributed by atoms with Crippen LogP contribution in [-0.2, 0) is 0 Å². The molecule has 0 saturated heterocycles. The number of hydrogen-bond acceptors (Lipinski definition) is 2. The van der Waals surface area contributed by atoms with Crippen molar-refractivity contribution in [1.29, 1.82) is 0 Å². The van der Waals surface area contributed by atoms with Crippen molar-refractivity contribution in [3.05, 3.63) is 64.7 Å². The third-order valence-corrected chi connectivity index (χ3v) is 4.01. The molecule has 2 aromatic rings. The zero-order valence-corrected chi connectivity index (χ0v) is 12.1. The predicted molar refractivity (Wildman–Crippen MR) is 77.5 cm³/mol. The van der Waals surface area contributed by atoms with Crippen LogP contribution in [0.25, 0.3) is 0 Å². The molecule has 0 aromatic heterocycles. The molecule has 0 spiro atoms. The van der Waals surface area contributed by atoms with Gasteiger partial charge in [0.15, 0.2) is 17.4 Å². The van der Waals surface area contributed by atoms with Crippen LogP contribution in [0.1, 0.15) is 17.3 Å². The lowest BCUT2D eigenvalue weighted by Crippen LogP contribution is -2.13. The Hall–Kier alpha value is -1.39. The van der Waals surface area contributed by atoms with Crippen molar-refractivity contribution in [3.8, 4) is 0 Å². The predicted octanol–water partition coefficient (Wildman–Crippen LogP) is 4.98. The molecule has 104 valence electrons. The molecule has 2 aromatic carbocycles. The number of ketones is 1. The number of halogens is 3. The van der Waals surface area contributed by atoms with Crippen molar-refractivity contribution in [2.75, 3.05) is 0 Å². The minimum atomic E-state index is -0.919. The lowest BCUT2D eigenvalue weighted by Gasteiger charge is -2.10. The van der Waals surface area contributed by atoms with E-state index in [9.17, 15) is 13.6 Å². The highest BCUT2D eigenvalue weighted by Crippen LogP contribution is 2.27. The zero-order valence-electron chi connectivity index (χ0n) is 10.6. The van der Waals surface area contributed by atoms with E-state index in [2.05, 4.69) is 0 Å². The van der Waals surface area contributed by atoms with Crippen LogP contribution in [0.5, 0.6) is 0 Å². The Balaban J connectivity index is 2.13. The standard InChI is InChI=1S/C15H11ClF2OS/c1-9(15(19)10-3-2-4-11(16)7-10)20-12-5-6-13(17)14(18)8-12/h2-9H,1H3. The molecular formula is C15H11ClF2OS. The molecule has 1 unspecified atom stereocenters. The van der Waals surface area contributed by atoms with E-state index < -0.39 is 16.9 Å². The first kappa shape index (κ1) is 15.0. The Morgan fingerprint density at radius 1 is 1.15 bits per heavy atom. The second-order valence-corrected chi connectivity index (χ2v) is 6.06. The van der Waals surface area contributed by atoms with Gasteiger partial charge in [0.1, 0.15) is 0 Å². The van der Waals surface area contributed by atoms with Gasteiger partial charge in [0.25, 0.3) is 0 Å². The van der Waals surface area contributed by atoms with E-state index in [1.54, 1.807) is 31.2 Å². The van der Waals surface area contributed by atoms with E-state index in [-0.39, 0.29) is 5.78 Å². The highest BCUT2D eigenvalue weighted by molar-refractivity contribution is 8.00. The lowest BCUT2D eigenvalue weighted by molar-refractivity contribution is 0.0994. The van der Waals surface area contributed by atoms with E-state index in [1.165, 1.54) is 17.8 Å². The number of carbonyl (C=O) groups excluding carboxylic acids is 1. The van der Waals surface area contributed by atoms with Crippen LogP contribution in [0.15, 0.2) is 47.4 Å². The van der Waals surface area contributed by atoms with Crippen LogP contribution in [0.2, 0.25) is 5.02 Å². The smallest absolute Gasteiger partial charge is 0.175 e. The van der Waals surface area contributed by atoms with Crippen LogP contribution >= 0.6 is 23.4 Å².